The summed E-state index contributed by atoms with van der Waals surface area (Å²) in [6.07, 6.45) is 0. The molecular formula is C15H17N5O2S. The molecule has 2 aromatic heterocycles. The second-order valence-corrected chi connectivity index (χ2v) is 5.71. The summed E-state index contributed by atoms with van der Waals surface area (Å²) < 4.78 is 13.1. The minimum atomic E-state index is 0.450. The van der Waals surface area contributed by atoms with E-state index in [4.69, 9.17) is 9.15 Å². The van der Waals surface area contributed by atoms with Crippen LogP contribution in [0.15, 0.2) is 33.8 Å². The van der Waals surface area contributed by atoms with Gasteiger partial charge in [-0.1, -0.05) is 23.9 Å². The minimum absolute atomic E-state index is 0.450. The zero-order valence-electron chi connectivity index (χ0n) is 13.2. The third-order valence-electron chi connectivity index (χ3n) is 3.35. The molecule has 0 aliphatic carbocycles. The van der Waals surface area contributed by atoms with Gasteiger partial charge in [0.1, 0.15) is 11.6 Å². The minimum Gasteiger partial charge on any atom is -0.496 e. The van der Waals surface area contributed by atoms with Crippen molar-refractivity contribution in [1.29, 1.82) is 0 Å². The lowest BCUT2D eigenvalue weighted by Gasteiger charge is -2.03. The maximum atomic E-state index is 5.73. The van der Waals surface area contributed by atoms with Crippen LogP contribution >= 0.6 is 11.8 Å². The van der Waals surface area contributed by atoms with E-state index in [0.717, 1.165) is 23.1 Å². The second kappa shape index (κ2) is 6.82. The van der Waals surface area contributed by atoms with E-state index in [1.165, 1.54) is 11.8 Å². The number of aromatic nitrogens is 5. The third kappa shape index (κ3) is 3.21. The smallest absolute Gasteiger partial charge is 0.251 e. The molecule has 0 aliphatic rings. The Balaban J connectivity index is 1.75. The highest BCUT2D eigenvalue weighted by molar-refractivity contribution is 7.98. The molecule has 0 N–H and O–H groups in total. The summed E-state index contributed by atoms with van der Waals surface area (Å²) in [4.78, 5) is 0. The molecule has 3 rings (SSSR count). The van der Waals surface area contributed by atoms with Crippen LogP contribution in [0.5, 0.6) is 5.75 Å². The number of methoxy groups -OCH3 is 1. The SMILES string of the molecule is CCn1c(C)nnc1SCc1nnc(-c2ccccc2OC)o1. The molecular weight excluding hydrogens is 314 g/mol. The highest BCUT2D eigenvalue weighted by Crippen LogP contribution is 2.29. The first-order chi connectivity index (χ1) is 11.2. The van der Waals surface area contributed by atoms with Crippen LogP contribution in [0, 0.1) is 6.92 Å². The van der Waals surface area contributed by atoms with Crippen LogP contribution in [0.1, 0.15) is 18.6 Å². The summed E-state index contributed by atoms with van der Waals surface area (Å²) >= 11 is 1.53. The van der Waals surface area contributed by atoms with E-state index < -0.39 is 0 Å². The van der Waals surface area contributed by atoms with Gasteiger partial charge in [0.25, 0.3) is 5.89 Å². The van der Waals surface area contributed by atoms with Crippen molar-refractivity contribution in [2.24, 2.45) is 0 Å². The summed E-state index contributed by atoms with van der Waals surface area (Å²) in [6.45, 7) is 4.83. The predicted molar refractivity (Wildman–Crippen MR) is 86.3 cm³/mol. The number of para-hydroxylation sites is 1. The van der Waals surface area contributed by atoms with Crippen LogP contribution in [-0.4, -0.2) is 32.1 Å². The first-order valence-corrected chi connectivity index (χ1v) is 8.19. The van der Waals surface area contributed by atoms with Gasteiger partial charge in [-0.3, -0.25) is 0 Å². The highest BCUT2D eigenvalue weighted by atomic mass is 32.2. The van der Waals surface area contributed by atoms with Crippen molar-refractivity contribution in [2.75, 3.05) is 7.11 Å². The topological polar surface area (TPSA) is 78.9 Å². The van der Waals surface area contributed by atoms with E-state index in [9.17, 15) is 0 Å². The Kier molecular flexibility index (Phi) is 4.61. The van der Waals surface area contributed by atoms with Crippen molar-refractivity contribution in [3.8, 4) is 17.2 Å². The number of benzene rings is 1. The van der Waals surface area contributed by atoms with Gasteiger partial charge >= 0.3 is 0 Å². The Morgan fingerprint density at radius 2 is 2.00 bits per heavy atom. The molecule has 0 unspecified atom stereocenters. The maximum Gasteiger partial charge on any atom is 0.251 e. The molecule has 2 heterocycles. The fraction of sp³-hybridized carbons (Fsp3) is 0.333. The van der Waals surface area contributed by atoms with Crippen LogP contribution in [0.2, 0.25) is 0 Å². The predicted octanol–water partition coefficient (Wildman–Crippen LogP) is 2.96. The van der Waals surface area contributed by atoms with Gasteiger partial charge in [-0.05, 0) is 26.0 Å². The molecule has 0 saturated carbocycles. The number of rotatable bonds is 6. The monoisotopic (exact) mass is 331 g/mol. The third-order valence-corrected chi connectivity index (χ3v) is 4.30. The maximum absolute atomic E-state index is 5.73. The Morgan fingerprint density at radius 1 is 1.17 bits per heavy atom. The van der Waals surface area contributed by atoms with Crippen molar-refractivity contribution in [3.05, 3.63) is 36.0 Å². The van der Waals surface area contributed by atoms with Gasteiger partial charge in [-0.15, -0.1) is 20.4 Å². The van der Waals surface area contributed by atoms with Crippen molar-refractivity contribution >= 4 is 11.8 Å². The first-order valence-electron chi connectivity index (χ1n) is 7.21. The number of nitrogens with zero attached hydrogens (tertiary/aromatic N) is 5. The molecule has 0 spiro atoms. The Hall–Kier alpha value is -2.35. The summed E-state index contributed by atoms with van der Waals surface area (Å²) in [5.74, 6) is 3.14. The molecule has 0 saturated heterocycles. The fourth-order valence-electron chi connectivity index (χ4n) is 2.20. The zero-order valence-corrected chi connectivity index (χ0v) is 14.0. The highest BCUT2D eigenvalue weighted by Gasteiger charge is 2.14. The Labute approximate surface area is 138 Å². The quantitative estimate of drug-likeness (QED) is 0.642. The lowest BCUT2D eigenvalue weighted by atomic mass is 10.2. The molecule has 8 heteroatoms. The van der Waals surface area contributed by atoms with Crippen LogP contribution in [0.3, 0.4) is 0 Å². The summed E-state index contributed by atoms with van der Waals surface area (Å²) in [5, 5.41) is 17.3. The molecule has 23 heavy (non-hydrogen) atoms. The molecule has 0 bridgehead atoms. The number of aryl methyl sites for hydroxylation is 1. The number of thioether (sulfide) groups is 1. The van der Waals surface area contributed by atoms with E-state index in [1.54, 1.807) is 7.11 Å². The zero-order chi connectivity index (χ0) is 16.2. The number of hydrogen-bond acceptors (Lipinski definition) is 7. The molecule has 7 nitrogen and oxygen atoms in total. The standard InChI is InChI=1S/C15H17N5O2S/c1-4-20-10(2)16-19-15(20)23-9-13-17-18-14(22-13)11-7-5-6-8-12(11)21-3/h5-8H,4,9H2,1-3H3. The normalized spacial score (nSPS) is 10.9. The molecule has 0 amide bonds. The van der Waals surface area contributed by atoms with Crippen LogP contribution in [0.4, 0.5) is 0 Å². The average Bonchev–Trinajstić information content (AvgIpc) is 3.19. The molecule has 0 aliphatic heterocycles. The van der Waals surface area contributed by atoms with Gasteiger partial charge in [-0.25, -0.2) is 0 Å². The van der Waals surface area contributed by atoms with Crippen LogP contribution in [-0.2, 0) is 12.3 Å². The van der Waals surface area contributed by atoms with E-state index in [0.29, 0.717) is 23.3 Å². The molecule has 3 aromatic rings. The Bertz CT molecular complexity index is 799. The molecule has 0 radical (unpaired) electrons. The first kappa shape index (κ1) is 15.5. The van der Waals surface area contributed by atoms with Crippen LogP contribution in [0.25, 0.3) is 11.5 Å². The van der Waals surface area contributed by atoms with Crippen molar-refractivity contribution in [2.45, 2.75) is 31.3 Å². The van der Waals surface area contributed by atoms with E-state index in [-0.39, 0.29) is 0 Å². The average molecular weight is 331 g/mol. The van der Waals surface area contributed by atoms with Gasteiger partial charge in [0.2, 0.25) is 5.89 Å². The van der Waals surface area contributed by atoms with Crippen LogP contribution < -0.4 is 4.74 Å². The van der Waals surface area contributed by atoms with Gasteiger partial charge < -0.3 is 13.7 Å². The van der Waals surface area contributed by atoms with E-state index >= 15 is 0 Å². The lowest BCUT2D eigenvalue weighted by molar-refractivity contribution is 0.414. The van der Waals surface area contributed by atoms with E-state index in [2.05, 4.69) is 27.3 Å². The second-order valence-electron chi connectivity index (χ2n) is 4.76. The van der Waals surface area contributed by atoms with Gasteiger partial charge in [0.05, 0.1) is 18.4 Å². The van der Waals surface area contributed by atoms with Gasteiger partial charge in [-0.2, -0.15) is 0 Å². The van der Waals surface area contributed by atoms with Crippen molar-refractivity contribution in [3.63, 3.8) is 0 Å². The summed E-state index contributed by atoms with van der Waals surface area (Å²) in [7, 11) is 1.62. The van der Waals surface area contributed by atoms with Crippen molar-refractivity contribution < 1.29 is 9.15 Å². The Morgan fingerprint density at radius 3 is 2.78 bits per heavy atom. The molecule has 120 valence electrons. The van der Waals surface area contributed by atoms with Crippen molar-refractivity contribution in [1.82, 2.24) is 25.0 Å². The van der Waals surface area contributed by atoms with Gasteiger partial charge in [0, 0.05) is 6.54 Å². The molecule has 0 atom stereocenters. The van der Waals surface area contributed by atoms with E-state index in [1.807, 2.05) is 35.8 Å². The lowest BCUT2D eigenvalue weighted by Crippen LogP contribution is -1.99. The number of hydrogen-bond donors (Lipinski definition) is 0. The summed E-state index contributed by atoms with van der Waals surface area (Å²) in [6, 6.07) is 7.55. The fourth-order valence-corrected chi connectivity index (χ4v) is 3.09. The van der Waals surface area contributed by atoms with Gasteiger partial charge in [0.15, 0.2) is 5.16 Å². The summed E-state index contributed by atoms with van der Waals surface area (Å²) in [5.41, 5.74) is 0.784. The molecule has 1 aromatic carbocycles. The molecule has 0 fully saturated rings. The largest absolute Gasteiger partial charge is 0.496 e. The number of ether oxygens (including phenoxy) is 1.